The molecule has 30 heavy (non-hydrogen) atoms. The zero-order chi connectivity index (χ0) is 21.3. The van der Waals surface area contributed by atoms with E-state index in [0.29, 0.717) is 33.2 Å². The van der Waals surface area contributed by atoms with Gasteiger partial charge >= 0.3 is 0 Å². The average molecular weight is 425 g/mol. The van der Waals surface area contributed by atoms with E-state index in [1.807, 2.05) is 32.0 Å². The third-order valence-corrected chi connectivity index (χ3v) is 7.17. The lowest BCUT2D eigenvalue weighted by Gasteiger charge is -2.33. The summed E-state index contributed by atoms with van der Waals surface area (Å²) in [7, 11) is 0. The van der Waals surface area contributed by atoms with Crippen molar-refractivity contribution in [2.24, 2.45) is 0 Å². The van der Waals surface area contributed by atoms with Crippen LogP contribution in [-0.4, -0.2) is 32.9 Å². The number of amides is 1. The first-order valence-corrected chi connectivity index (χ1v) is 11.4. The molecule has 0 aliphatic carbocycles. The summed E-state index contributed by atoms with van der Waals surface area (Å²) in [5, 5.41) is 3.56. The summed E-state index contributed by atoms with van der Waals surface area (Å²) in [6.07, 6.45) is 5.35. The molecule has 1 aliphatic heterocycles. The number of thiophene rings is 1. The standard InChI is InChI=1S/C23H28N4O2S/c1-4-26-14-24-22-19(23(26)29)16(3)20(30-22)21(28)25-18-10-7-9-17(12-18)13-27-11-6-5-8-15(27)2/h7,9-10,12,14-15H,4-6,8,11,13H2,1-3H3,(H,25,28). The minimum absolute atomic E-state index is 0.0899. The van der Waals surface area contributed by atoms with Gasteiger partial charge in [-0.3, -0.25) is 19.1 Å². The fourth-order valence-electron chi connectivity index (χ4n) is 4.16. The van der Waals surface area contributed by atoms with E-state index in [-0.39, 0.29) is 11.5 Å². The van der Waals surface area contributed by atoms with Gasteiger partial charge in [0.25, 0.3) is 11.5 Å². The van der Waals surface area contributed by atoms with Crippen LogP contribution in [0.3, 0.4) is 0 Å². The molecule has 1 fully saturated rings. The maximum absolute atomic E-state index is 13.0. The smallest absolute Gasteiger partial charge is 0.266 e. The normalized spacial score (nSPS) is 17.4. The number of aryl methyl sites for hydroxylation is 2. The van der Waals surface area contributed by atoms with Gasteiger partial charge in [-0.1, -0.05) is 18.6 Å². The minimum atomic E-state index is -0.193. The van der Waals surface area contributed by atoms with Crippen molar-refractivity contribution in [1.82, 2.24) is 14.5 Å². The van der Waals surface area contributed by atoms with Crippen LogP contribution in [0.15, 0.2) is 35.4 Å². The van der Waals surface area contributed by atoms with Crippen molar-refractivity contribution < 1.29 is 4.79 Å². The lowest BCUT2D eigenvalue weighted by Crippen LogP contribution is -2.36. The van der Waals surface area contributed by atoms with Gasteiger partial charge in [-0.2, -0.15) is 0 Å². The Hall–Kier alpha value is -2.51. The average Bonchev–Trinajstić information content (AvgIpc) is 3.08. The number of rotatable bonds is 5. The van der Waals surface area contributed by atoms with E-state index < -0.39 is 0 Å². The van der Waals surface area contributed by atoms with Gasteiger partial charge in [-0.25, -0.2) is 4.98 Å². The molecule has 0 saturated carbocycles. The Kier molecular flexibility index (Phi) is 6.01. The Labute approximate surface area is 180 Å². The SMILES string of the molecule is CCn1cnc2sc(C(=O)Nc3cccc(CN4CCCCC4C)c3)c(C)c2c1=O. The maximum Gasteiger partial charge on any atom is 0.266 e. The first kappa shape index (κ1) is 20.8. The molecule has 4 rings (SSSR count). The molecule has 0 spiro atoms. The lowest BCUT2D eigenvalue weighted by molar-refractivity contribution is 0.103. The van der Waals surface area contributed by atoms with Crippen molar-refractivity contribution in [1.29, 1.82) is 0 Å². The monoisotopic (exact) mass is 424 g/mol. The van der Waals surface area contributed by atoms with Gasteiger partial charge in [0, 0.05) is 24.8 Å². The van der Waals surface area contributed by atoms with Crippen molar-refractivity contribution in [3.63, 3.8) is 0 Å². The number of aromatic nitrogens is 2. The van der Waals surface area contributed by atoms with Crippen LogP contribution >= 0.6 is 11.3 Å². The van der Waals surface area contributed by atoms with Gasteiger partial charge in [0.15, 0.2) is 0 Å². The Bertz CT molecular complexity index is 1130. The largest absolute Gasteiger partial charge is 0.321 e. The molecule has 1 unspecified atom stereocenters. The van der Waals surface area contributed by atoms with Crippen LogP contribution in [0.4, 0.5) is 5.69 Å². The zero-order valence-corrected chi connectivity index (χ0v) is 18.6. The number of anilines is 1. The first-order valence-electron chi connectivity index (χ1n) is 10.6. The van der Waals surface area contributed by atoms with Gasteiger partial charge in [-0.05, 0) is 63.4 Å². The molecule has 1 N–H and O–H groups in total. The first-order chi connectivity index (χ1) is 14.5. The number of fused-ring (bicyclic) bond motifs is 1. The topological polar surface area (TPSA) is 67.2 Å². The summed E-state index contributed by atoms with van der Waals surface area (Å²) in [6, 6.07) is 8.64. The lowest BCUT2D eigenvalue weighted by atomic mass is 10.0. The number of nitrogens with one attached hydrogen (secondary N) is 1. The van der Waals surface area contributed by atoms with Crippen molar-refractivity contribution in [2.45, 2.75) is 59.2 Å². The molecule has 2 aromatic heterocycles. The summed E-state index contributed by atoms with van der Waals surface area (Å²) in [5.74, 6) is -0.193. The van der Waals surface area contributed by atoms with Crippen LogP contribution in [0.2, 0.25) is 0 Å². The molecule has 1 atom stereocenters. The third-order valence-electron chi connectivity index (χ3n) is 5.98. The fourth-order valence-corrected chi connectivity index (χ4v) is 5.20. The van der Waals surface area contributed by atoms with Crippen LogP contribution in [-0.2, 0) is 13.1 Å². The molecule has 0 radical (unpaired) electrons. The fraction of sp³-hybridized carbons (Fsp3) is 0.435. The summed E-state index contributed by atoms with van der Waals surface area (Å²) in [4.78, 5) is 33.6. The molecule has 0 bridgehead atoms. The minimum Gasteiger partial charge on any atom is -0.321 e. The van der Waals surface area contributed by atoms with Crippen LogP contribution in [0.25, 0.3) is 10.2 Å². The van der Waals surface area contributed by atoms with Crippen LogP contribution in [0.1, 0.15) is 53.9 Å². The number of carbonyl (C=O) groups is 1. The Morgan fingerprint density at radius 1 is 1.33 bits per heavy atom. The molecule has 3 aromatic rings. The second-order valence-corrected chi connectivity index (χ2v) is 9.04. The summed E-state index contributed by atoms with van der Waals surface area (Å²) in [5.41, 5.74) is 2.58. The van der Waals surface area contributed by atoms with E-state index in [0.717, 1.165) is 18.8 Å². The number of piperidine rings is 1. The maximum atomic E-state index is 13.0. The number of hydrogen-bond acceptors (Lipinski definition) is 5. The molecule has 7 heteroatoms. The molecule has 6 nitrogen and oxygen atoms in total. The number of nitrogens with zero attached hydrogens (tertiary/aromatic N) is 3. The second kappa shape index (κ2) is 8.70. The highest BCUT2D eigenvalue weighted by Crippen LogP contribution is 2.28. The van der Waals surface area contributed by atoms with Gasteiger partial charge in [-0.15, -0.1) is 11.3 Å². The summed E-state index contributed by atoms with van der Waals surface area (Å²) >= 11 is 1.27. The summed E-state index contributed by atoms with van der Waals surface area (Å²) in [6.45, 7) is 8.59. The third kappa shape index (κ3) is 4.04. The van der Waals surface area contributed by atoms with E-state index in [9.17, 15) is 9.59 Å². The zero-order valence-electron chi connectivity index (χ0n) is 17.8. The molecule has 158 valence electrons. The van der Waals surface area contributed by atoms with Crippen LogP contribution in [0.5, 0.6) is 0 Å². The van der Waals surface area contributed by atoms with Gasteiger partial charge < -0.3 is 5.32 Å². The molecule has 1 aromatic carbocycles. The number of likely N-dealkylation sites (tertiary alicyclic amines) is 1. The Morgan fingerprint density at radius 2 is 2.17 bits per heavy atom. The Morgan fingerprint density at radius 3 is 2.93 bits per heavy atom. The molecule has 1 aliphatic rings. The van der Waals surface area contributed by atoms with Gasteiger partial charge in [0.1, 0.15) is 4.83 Å². The second-order valence-electron chi connectivity index (χ2n) is 8.04. The van der Waals surface area contributed by atoms with Crippen LogP contribution in [0, 0.1) is 6.92 Å². The van der Waals surface area contributed by atoms with E-state index in [1.54, 1.807) is 10.9 Å². The van der Waals surface area contributed by atoms with E-state index in [1.165, 1.54) is 36.2 Å². The molecular formula is C23H28N4O2S. The molecule has 1 saturated heterocycles. The van der Waals surface area contributed by atoms with Crippen molar-refractivity contribution in [3.05, 3.63) is 57.0 Å². The predicted molar refractivity (Wildman–Crippen MR) is 122 cm³/mol. The molecule has 1 amide bonds. The van der Waals surface area contributed by atoms with Gasteiger partial charge in [0.2, 0.25) is 0 Å². The highest BCUT2D eigenvalue weighted by Gasteiger charge is 2.20. The molecule has 3 heterocycles. The quantitative estimate of drug-likeness (QED) is 0.659. The number of hydrogen-bond donors (Lipinski definition) is 1. The van der Waals surface area contributed by atoms with Crippen LogP contribution < -0.4 is 10.9 Å². The number of benzene rings is 1. The van der Waals surface area contributed by atoms with Gasteiger partial charge in [0.05, 0.1) is 16.6 Å². The van der Waals surface area contributed by atoms with E-state index >= 15 is 0 Å². The van der Waals surface area contributed by atoms with Crippen molar-refractivity contribution >= 4 is 33.1 Å². The number of carbonyl (C=O) groups excluding carboxylic acids is 1. The van der Waals surface area contributed by atoms with E-state index in [2.05, 4.69) is 28.2 Å². The Balaban J connectivity index is 1.55. The predicted octanol–water partition coefficient (Wildman–Crippen LogP) is 4.41. The van der Waals surface area contributed by atoms with Crippen molar-refractivity contribution in [2.75, 3.05) is 11.9 Å². The summed E-state index contributed by atoms with van der Waals surface area (Å²) < 4.78 is 1.56. The van der Waals surface area contributed by atoms with E-state index in [4.69, 9.17) is 0 Å². The molecular weight excluding hydrogens is 396 g/mol. The highest BCUT2D eigenvalue weighted by molar-refractivity contribution is 7.20. The van der Waals surface area contributed by atoms with Crippen molar-refractivity contribution in [3.8, 4) is 0 Å². The highest BCUT2D eigenvalue weighted by atomic mass is 32.1.